The minimum atomic E-state index is -0.944. The Hall–Kier alpha value is -2.09. The molecular formula is C15H4Cl4FN3O2. The van der Waals surface area contributed by atoms with Crippen molar-refractivity contribution < 1.29 is 9.31 Å². The predicted molar refractivity (Wildman–Crippen MR) is 93.3 cm³/mol. The summed E-state index contributed by atoms with van der Waals surface area (Å²) in [4.78, 5) is 13.1. The average molecular weight is 419 g/mol. The highest BCUT2D eigenvalue weighted by Gasteiger charge is 2.24. The van der Waals surface area contributed by atoms with E-state index in [0.29, 0.717) is 6.07 Å². The number of non-ortho nitro benzene ring substituents is 1. The number of halogens is 5. The van der Waals surface area contributed by atoms with Crippen molar-refractivity contribution in [2.45, 2.75) is 6.42 Å². The molecule has 10 heteroatoms. The molecule has 0 N–H and O–H groups in total. The molecule has 0 saturated carbocycles. The summed E-state index contributed by atoms with van der Waals surface area (Å²) >= 11 is 24.0. The molecule has 2 rings (SSSR count). The van der Waals surface area contributed by atoms with E-state index < -0.39 is 16.4 Å². The SMILES string of the molecule is [C-]#[N+]c1c(Cl)c(Cl)c(Cc2c(F)cc([N+](=O)[O-])cc2Cl)c(C#N)c1Cl. The van der Waals surface area contributed by atoms with Gasteiger partial charge in [-0.3, -0.25) is 10.1 Å². The monoisotopic (exact) mass is 417 g/mol. The minimum absolute atomic E-state index is 0.0706. The van der Waals surface area contributed by atoms with Crippen LogP contribution >= 0.6 is 46.4 Å². The van der Waals surface area contributed by atoms with Gasteiger partial charge in [-0.2, -0.15) is 5.26 Å². The van der Waals surface area contributed by atoms with Gasteiger partial charge in [-0.15, -0.1) is 0 Å². The lowest BCUT2D eigenvalue weighted by Crippen LogP contribution is -2.01. The zero-order valence-electron chi connectivity index (χ0n) is 11.9. The predicted octanol–water partition coefficient (Wildman–Crippen LogP) is 6.36. The van der Waals surface area contributed by atoms with Crippen LogP contribution in [-0.2, 0) is 6.42 Å². The second-order valence-corrected chi connectivity index (χ2v) is 6.23. The largest absolute Gasteiger partial charge is 0.273 e. The summed E-state index contributed by atoms with van der Waals surface area (Å²) in [5.41, 5.74) is -0.897. The lowest BCUT2D eigenvalue weighted by molar-refractivity contribution is -0.385. The lowest BCUT2D eigenvalue weighted by Gasteiger charge is -2.13. The number of nitro groups is 1. The summed E-state index contributed by atoms with van der Waals surface area (Å²) in [5, 5.41) is 19.3. The molecule has 126 valence electrons. The molecule has 0 aliphatic rings. The van der Waals surface area contributed by atoms with Gasteiger partial charge < -0.3 is 0 Å². The first-order valence-corrected chi connectivity index (χ1v) is 7.83. The topological polar surface area (TPSA) is 71.3 Å². The number of hydrogen-bond acceptors (Lipinski definition) is 3. The zero-order chi connectivity index (χ0) is 18.9. The smallest absolute Gasteiger partial charge is 0.258 e. The van der Waals surface area contributed by atoms with Crippen molar-refractivity contribution in [3.63, 3.8) is 0 Å². The Morgan fingerprint density at radius 3 is 2.32 bits per heavy atom. The van der Waals surface area contributed by atoms with Crippen molar-refractivity contribution in [2.24, 2.45) is 0 Å². The van der Waals surface area contributed by atoms with Crippen molar-refractivity contribution in [3.05, 3.63) is 76.3 Å². The fourth-order valence-electron chi connectivity index (χ4n) is 2.11. The maximum atomic E-state index is 14.2. The fourth-order valence-corrected chi connectivity index (χ4v) is 3.23. The highest BCUT2D eigenvalue weighted by Crippen LogP contribution is 2.44. The molecule has 0 aromatic heterocycles. The molecule has 0 spiro atoms. The van der Waals surface area contributed by atoms with Gasteiger partial charge in [0.2, 0.25) is 5.69 Å². The third-order valence-electron chi connectivity index (χ3n) is 3.31. The molecule has 0 unspecified atom stereocenters. The van der Waals surface area contributed by atoms with Crippen LogP contribution in [0.4, 0.5) is 15.8 Å². The lowest BCUT2D eigenvalue weighted by atomic mass is 9.98. The van der Waals surface area contributed by atoms with E-state index in [2.05, 4.69) is 4.85 Å². The van der Waals surface area contributed by atoms with Gasteiger partial charge in [0.25, 0.3) is 5.69 Å². The molecule has 0 amide bonds. The summed E-state index contributed by atoms with van der Waals surface area (Å²) in [6.07, 6.45) is -0.290. The van der Waals surface area contributed by atoms with Crippen LogP contribution in [0, 0.1) is 33.8 Å². The van der Waals surface area contributed by atoms with Gasteiger partial charge in [-0.25, -0.2) is 9.24 Å². The maximum Gasteiger partial charge on any atom is 0.273 e. The van der Waals surface area contributed by atoms with Crippen LogP contribution in [0.25, 0.3) is 4.85 Å². The van der Waals surface area contributed by atoms with E-state index in [1.165, 1.54) is 0 Å². The Bertz CT molecular complexity index is 973. The molecule has 2 aromatic carbocycles. The van der Waals surface area contributed by atoms with E-state index in [9.17, 15) is 19.8 Å². The van der Waals surface area contributed by atoms with Crippen LogP contribution in [0.2, 0.25) is 20.1 Å². The minimum Gasteiger partial charge on any atom is -0.258 e. The summed E-state index contributed by atoms with van der Waals surface area (Å²) < 4.78 is 14.2. The zero-order valence-corrected chi connectivity index (χ0v) is 14.9. The van der Waals surface area contributed by atoms with E-state index in [1.54, 1.807) is 6.07 Å². The van der Waals surface area contributed by atoms with E-state index >= 15 is 0 Å². The summed E-state index contributed by atoms with van der Waals surface area (Å²) in [7, 11) is 0. The molecule has 0 aliphatic heterocycles. The summed E-state index contributed by atoms with van der Waals surface area (Å²) in [6, 6.07) is 3.49. The number of hydrogen-bond donors (Lipinski definition) is 0. The van der Waals surface area contributed by atoms with Crippen LogP contribution in [0.1, 0.15) is 16.7 Å². The Kier molecular flexibility index (Phi) is 5.72. The van der Waals surface area contributed by atoms with Gasteiger partial charge in [0.1, 0.15) is 5.82 Å². The van der Waals surface area contributed by atoms with Crippen LogP contribution in [0.3, 0.4) is 0 Å². The van der Waals surface area contributed by atoms with E-state index in [-0.39, 0.29) is 48.9 Å². The molecule has 0 aliphatic carbocycles. The van der Waals surface area contributed by atoms with Crippen LogP contribution in [0.5, 0.6) is 0 Å². The Balaban J connectivity index is 2.69. The highest BCUT2D eigenvalue weighted by molar-refractivity contribution is 6.47. The first kappa shape index (κ1) is 19.2. The van der Waals surface area contributed by atoms with Gasteiger partial charge >= 0.3 is 0 Å². The van der Waals surface area contributed by atoms with Crippen LogP contribution < -0.4 is 0 Å². The Morgan fingerprint density at radius 2 is 1.84 bits per heavy atom. The molecule has 0 heterocycles. The molecule has 0 fully saturated rings. The Morgan fingerprint density at radius 1 is 1.20 bits per heavy atom. The van der Waals surface area contributed by atoms with Crippen molar-refractivity contribution in [1.29, 1.82) is 5.26 Å². The molecule has 0 radical (unpaired) electrons. The molecule has 0 atom stereocenters. The maximum absolute atomic E-state index is 14.2. The third kappa shape index (κ3) is 3.49. The van der Waals surface area contributed by atoms with Gasteiger partial charge in [0.05, 0.1) is 49.3 Å². The van der Waals surface area contributed by atoms with Gasteiger partial charge in [0, 0.05) is 18.1 Å². The van der Waals surface area contributed by atoms with Crippen molar-refractivity contribution in [3.8, 4) is 6.07 Å². The van der Waals surface area contributed by atoms with Crippen molar-refractivity contribution in [2.75, 3.05) is 0 Å². The van der Waals surface area contributed by atoms with E-state index in [0.717, 1.165) is 6.07 Å². The van der Waals surface area contributed by atoms with Gasteiger partial charge in [0.15, 0.2) is 0 Å². The molecular weight excluding hydrogens is 415 g/mol. The summed E-state index contributed by atoms with van der Waals surface area (Å²) in [6.45, 7) is 7.06. The van der Waals surface area contributed by atoms with E-state index in [1.807, 2.05) is 0 Å². The number of nitro benzene ring substituents is 1. The van der Waals surface area contributed by atoms with E-state index in [4.69, 9.17) is 53.0 Å². The second-order valence-electron chi connectivity index (χ2n) is 4.69. The molecule has 25 heavy (non-hydrogen) atoms. The number of nitriles is 1. The average Bonchev–Trinajstić information content (AvgIpc) is 2.55. The summed E-state index contributed by atoms with van der Waals surface area (Å²) in [5.74, 6) is -0.944. The van der Waals surface area contributed by atoms with Gasteiger partial charge in [-0.05, 0) is 5.56 Å². The number of rotatable bonds is 3. The molecule has 0 bridgehead atoms. The Labute approximate surface area is 161 Å². The van der Waals surface area contributed by atoms with Crippen LogP contribution in [0.15, 0.2) is 12.1 Å². The molecule has 5 nitrogen and oxygen atoms in total. The van der Waals surface area contributed by atoms with Crippen molar-refractivity contribution >= 4 is 57.8 Å². The normalized spacial score (nSPS) is 10.2. The quantitative estimate of drug-likeness (QED) is 0.252. The molecule has 2 aromatic rings. The number of nitrogens with zero attached hydrogens (tertiary/aromatic N) is 3. The van der Waals surface area contributed by atoms with Crippen LogP contribution in [-0.4, -0.2) is 4.92 Å². The first-order valence-electron chi connectivity index (χ1n) is 6.32. The number of benzene rings is 2. The standard InChI is InChI=1S/C15H4Cl4FN3O2/c1-22-15-13(18)9(5-21)7(12(17)14(15)19)4-8-10(16)2-6(23(24)25)3-11(8)20/h2-3H,4H2. The van der Waals surface area contributed by atoms with Crippen molar-refractivity contribution in [1.82, 2.24) is 0 Å². The first-order chi connectivity index (χ1) is 11.7. The molecule has 0 saturated heterocycles. The second kappa shape index (κ2) is 7.43. The third-order valence-corrected chi connectivity index (χ3v) is 4.90. The fraction of sp³-hybridized carbons (Fsp3) is 0.0667. The highest BCUT2D eigenvalue weighted by atomic mass is 35.5. The van der Waals surface area contributed by atoms with Gasteiger partial charge in [-0.1, -0.05) is 46.4 Å².